The number of rotatable bonds is 2. The van der Waals surface area contributed by atoms with Crippen molar-refractivity contribution in [2.45, 2.75) is 31.8 Å². The molecule has 2 unspecified atom stereocenters. The van der Waals surface area contributed by atoms with Gasteiger partial charge >= 0.3 is 0 Å². The average Bonchev–Trinajstić information content (AvgIpc) is 3.01. The van der Waals surface area contributed by atoms with Crippen molar-refractivity contribution in [3.8, 4) is 11.6 Å². The van der Waals surface area contributed by atoms with Crippen LogP contribution in [0.15, 0.2) is 21.2 Å². The molecule has 1 aliphatic rings. The van der Waals surface area contributed by atoms with Crippen LogP contribution in [-0.4, -0.2) is 33.8 Å². The van der Waals surface area contributed by atoms with Crippen LogP contribution in [0.25, 0.3) is 11.6 Å². The zero-order valence-corrected chi connectivity index (χ0v) is 12.2. The molecule has 102 valence electrons. The van der Waals surface area contributed by atoms with Crippen LogP contribution >= 0.6 is 15.9 Å². The first kappa shape index (κ1) is 12.7. The lowest BCUT2D eigenvalue weighted by Gasteiger charge is -2.36. The zero-order valence-electron chi connectivity index (χ0n) is 10.6. The molecule has 0 amide bonds. The summed E-state index contributed by atoms with van der Waals surface area (Å²) in [7, 11) is 0. The summed E-state index contributed by atoms with van der Waals surface area (Å²) >= 11 is 3.27. The van der Waals surface area contributed by atoms with Crippen molar-refractivity contribution in [3.05, 3.63) is 16.8 Å². The molecule has 0 bridgehead atoms. The second kappa shape index (κ2) is 4.97. The Bertz CT molecular complexity index is 566. The van der Waals surface area contributed by atoms with E-state index in [1.165, 1.54) is 0 Å². The van der Waals surface area contributed by atoms with E-state index >= 15 is 0 Å². The van der Waals surface area contributed by atoms with Gasteiger partial charge in [0.15, 0.2) is 16.3 Å². The van der Waals surface area contributed by atoms with Gasteiger partial charge in [0.2, 0.25) is 5.95 Å². The first-order valence-corrected chi connectivity index (χ1v) is 7.15. The highest BCUT2D eigenvalue weighted by Gasteiger charge is 2.28. The molecule has 0 spiro atoms. The minimum Gasteiger partial charge on any atom is -0.446 e. The number of hydrogen-bond acceptors (Lipinski definition) is 5. The highest BCUT2D eigenvalue weighted by Crippen LogP contribution is 2.25. The fraction of sp³-hybridized carbons (Fsp3) is 0.500. The maximum absolute atomic E-state index is 6.10. The predicted molar refractivity (Wildman–Crippen MR) is 75.8 cm³/mol. The number of piperidine rings is 1. The molecule has 1 aliphatic heterocycles. The molecule has 2 atom stereocenters. The van der Waals surface area contributed by atoms with E-state index in [-0.39, 0.29) is 12.1 Å². The van der Waals surface area contributed by atoms with Crippen LogP contribution in [0.3, 0.4) is 0 Å². The molecule has 0 saturated carbocycles. The molecule has 1 saturated heterocycles. The molecular formula is C12H16BrN5O. The van der Waals surface area contributed by atoms with Crippen molar-refractivity contribution in [1.82, 2.24) is 15.2 Å². The Balaban J connectivity index is 1.84. The number of aromatic nitrogens is 3. The monoisotopic (exact) mass is 325 g/mol. The molecule has 1 fully saturated rings. The molecule has 3 heterocycles. The summed E-state index contributed by atoms with van der Waals surface area (Å²) in [5, 5.41) is 7.18. The number of nitrogens with zero attached hydrogens (tertiary/aromatic N) is 3. The first-order chi connectivity index (χ1) is 9.15. The number of nitrogens with two attached hydrogens (primary N) is 1. The van der Waals surface area contributed by atoms with E-state index in [9.17, 15) is 0 Å². The quantitative estimate of drug-likeness (QED) is 0.883. The van der Waals surface area contributed by atoms with Crippen LogP contribution in [0.4, 0.5) is 5.95 Å². The van der Waals surface area contributed by atoms with E-state index in [1.54, 1.807) is 0 Å². The zero-order chi connectivity index (χ0) is 13.4. The third kappa shape index (κ3) is 2.40. The summed E-state index contributed by atoms with van der Waals surface area (Å²) in [4.78, 5) is 6.64. The Hall–Kier alpha value is -1.34. The van der Waals surface area contributed by atoms with Crippen molar-refractivity contribution in [1.29, 1.82) is 0 Å². The van der Waals surface area contributed by atoms with Gasteiger partial charge in [-0.05, 0) is 47.8 Å². The van der Waals surface area contributed by atoms with Crippen molar-refractivity contribution in [3.63, 3.8) is 0 Å². The van der Waals surface area contributed by atoms with Gasteiger partial charge in [0.05, 0.1) is 0 Å². The Morgan fingerprint density at radius 3 is 3.11 bits per heavy atom. The second-order valence-electron chi connectivity index (χ2n) is 4.83. The Morgan fingerprint density at radius 2 is 2.37 bits per heavy atom. The summed E-state index contributed by atoms with van der Waals surface area (Å²) in [6.45, 7) is 3.05. The van der Waals surface area contributed by atoms with Gasteiger partial charge in [-0.3, -0.25) is 5.10 Å². The molecular weight excluding hydrogens is 310 g/mol. The number of nitrogens with one attached hydrogen (secondary N) is 1. The van der Waals surface area contributed by atoms with Gasteiger partial charge < -0.3 is 15.1 Å². The fourth-order valence-electron chi connectivity index (χ4n) is 2.39. The van der Waals surface area contributed by atoms with Crippen LogP contribution in [0, 0.1) is 0 Å². The largest absolute Gasteiger partial charge is 0.446 e. The fourth-order valence-corrected chi connectivity index (χ4v) is 2.70. The highest BCUT2D eigenvalue weighted by atomic mass is 79.9. The molecule has 19 heavy (non-hydrogen) atoms. The summed E-state index contributed by atoms with van der Waals surface area (Å²) in [6.07, 6.45) is 2.13. The molecule has 0 radical (unpaired) electrons. The predicted octanol–water partition coefficient (Wildman–Crippen LogP) is 2.14. The van der Waals surface area contributed by atoms with Crippen LogP contribution in [-0.2, 0) is 0 Å². The van der Waals surface area contributed by atoms with Gasteiger partial charge in [-0.1, -0.05) is 0 Å². The minimum absolute atomic E-state index is 0.174. The van der Waals surface area contributed by atoms with Crippen molar-refractivity contribution < 1.29 is 4.42 Å². The van der Waals surface area contributed by atoms with Crippen LogP contribution in [0.1, 0.15) is 19.8 Å². The van der Waals surface area contributed by atoms with Crippen LogP contribution in [0.2, 0.25) is 0 Å². The van der Waals surface area contributed by atoms with Gasteiger partial charge in [0.25, 0.3) is 0 Å². The first-order valence-electron chi connectivity index (χ1n) is 6.35. The summed E-state index contributed by atoms with van der Waals surface area (Å²) < 4.78 is 6.13. The number of H-pyrrole nitrogens is 1. The lowest BCUT2D eigenvalue weighted by molar-refractivity contribution is 0.416. The highest BCUT2D eigenvalue weighted by molar-refractivity contribution is 9.10. The molecule has 0 aromatic carbocycles. The number of aromatic amines is 1. The molecule has 6 nitrogen and oxygen atoms in total. The number of anilines is 1. The van der Waals surface area contributed by atoms with Crippen LogP contribution < -0.4 is 10.6 Å². The number of halogens is 1. The van der Waals surface area contributed by atoms with E-state index in [2.05, 4.69) is 42.9 Å². The summed E-state index contributed by atoms with van der Waals surface area (Å²) in [6, 6.07) is 4.10. The number of hydrogen-bond donors (Lipinski definition) is 2. The summed E-state index contributed by atoms with van der Waals surface area (Å²) in [5.41, 5.74) is 6.10. The van der Waals surface area contributed by atoms with Gasteiger partial charge in [-0.2, -0.15) is 4.98 Å². The van der Waals surface area contributed by atoms with Gasteiger partial charge in [0, 0.05) is 18.6 Å². The maximum Gasteiger partial charge on any atom is 0.245 e. The van der Waals surface area contributed by atoms with Gasteiger partial charge in [0.1, 0.15) is 0 Å². The molecule has 3 rings (SSSR count). The smallest absolute Gasteiger partial charge is 0.245 e. The maximum atomic E-state index is 6.10. The molecule has 7 heteroatoms. The lowest BCUT2D eigenvalue weighted by atomic mass is 9.99. The minimum atomic E-state index is 0.174. The normalized spacial score (nSPS) is 23.8. The number of furan rings is 1. The third-order valence-corrected chi connectivity index (χ3v) is 4.01. The average molecular weight is 326 g/mol. The van der Waals surface area contributed by atoms with Crippen molar-refractivity contribution in [2.75, 3.05) is 11.4 Å². The van der Waals surface area contributed by atoms with E-state index in [0.29, 0.717) is 22.2 Å². The second-order valence-corrected chi connectivity index (χ2v) is 5.61. The molecule has 3 N–H and O–H groups in total. The Kier molecular flexibility index (Phi) is 3.32. The van der Waals surface area contributed by atoms with Crippen molar-refractivity contribution >= 4 is 21.9 Å². The van der Waals surface area contributed by atoms with E-state index in [1.807, 2.05) is 12.1 Å². The van der Waals surface area contributed by atoms with Gasteiger partial charge in [-0.15, -0.1) is 5.10 Å². The standard InChI is InChI=1S/C12H16BrN5O/c1-7-8(14)3-2-6-18(7)12-15-11(16-17-12)9-4-5-10(13)19-9/h4-5,7-8H,2-3,6,14H2,1H3,(H,15,16,17). The van der Waals surface area contributed by atoms with Gasteiger partial charge in [-0.25, -0.2) is 0 Å². The van der Waals surface area contributed by atoms with E-state index < -0.39 is 0 Å². The molecule has 0 aliphatic carbocycles. The Labute approximate surface area is 119 Å². The van der Waals surface area contributed by atoms with Crippen LogP contribution in [0.5, 0.6) is 0 Å². The molecule has 2 aromatic rings. The lowest BCUT2D eigenvalue weighted by Crippen LogP contribution is -2.50. The van der Waals surface area contributed by atoms with Crippen molar-refractivity contribution in [2.24, 2.45) is 5.73 Å². The topological polar surface area (TPSA) is 84.0 Å². The summed E-state index contributed by atoms with van der Waals surface area (Å²) in [5.74, 6) is 1.98. The third-order valence-electron chi connectivity index (χ3n) is 3.58. The Morgan fingerprint density at radius 1 is 1.53 bits per heavy atom. The molecule has 2 aromatic heterocycles. The SMILES string of the molecule is CC1C(N)CCCN1c1n[nH]c(-c2ccc(Br)o2)n1. The van der Waals surface area contributed by atoms with E-state index in [0.717, 1.165) is 19.4 Å². The van der Waals surface area contributed by atoms with E-state index in [4.69, 9.17) is 10.2 Å².